The molecule has 30 heavy (non-hydrogen) atoms. The smallest absolute Gasteiger partial charge is 0.329 e. The van der Waals surface area contributed by atoms with E-state index in [0.29, 0.717) is 5.69 Å². The molecule has 2 aliphatic rings. The summed E-state index contributed by atoms with van der Waals surface area (Å²) in [5.74, 6) is -0.593. The van der Waals surface area contributed by atoms with Gasteiger partial charge in [0.25, 0.3) is 5.91 Å². The Bertz CT molecular complexity index is 895. The fraction of sp³-hybridized carbons (Fsp3) is 0.348. The van der Waals surface area contributed by atoms with Crippen molar-refractivity contribution in [1.29, 1.82) is 0 Å². The Hall–Kier alpha value is -3.19. The van der Waals surface area contributed by atoms with Crippen LogP contribution in [0.3, 0.4) is 0 Å². The van der Waals surface area contributed by atoms with E-state index in [1.807, 2.05) is 24.3 Å². The number of benzene rings is 2. The maximum Gasteiger partial charge on any atom is 0.329 e. The Morgan fingerprint density at radius 1 is 0.967 bits per heavy atom. The third-order valence-corrected chi connectivity index (χ3v) is 5.62. The first-order chi connectivity index (χ1) is 14.6. The van der Waals surface area contributed by atoms with E-state index < -0.39 is 12.1 Å². The summed E-state index contributed by atoms with van der Waals surface area (Å²) in [5, 5.41) is 5.66. The predicted octanol–water partition coefficient (Wildman–Crippen LogP) is 2.28. The van der Waals surface area contributed by atoms with Gasteiger partial charge in [-0.15, -0.1) is 0 Å². The molecule has 0 radical (unpaired) electrons. The van der Waals surface area contributed by atoms with Crippen LogP contribution in [0.25, 0.3) is 0 Å². The second-order valence-corrected chi connectivity index (χ2v) is 7.82. The van der Waals surface area contributed by atoms with Crippen LogP contribution in [0, 0.1) is 0 Å². The van der Waals surface area contributed by atoms with Gasteiger partial charge in [-0.2, -0.15) is 0 Å². The number of piperidine rings is 1. The molecule has 2 aliphatic heterocycles. The van der Waals surface area contributed by atoms with Gasteiger partial charge in [0, 0.05) is 25.7 Å². The number of nitrogens with one attached hydrogen (secondary N) is 2. The highest BCUT2D eigenvalue weighted by Crippen LogP contribution is 2.20. The first-order valence-corrected chi connectivity index (χ1v) is 10.4. The van der Waals surface area contributed by atoms with Crippen LogP contribution in [0.1, 0.15) is 24.8 Å². The molecule has 7 nitrogen and oxygen atoms in total. The number of nitrogens with zero attached hydrogens (tertiary/aromatic N) is 2. The summed E-state index contributed by atoms with van der Waals surface area (Å²) in [7, 11) is 0. The van der Waals surface area contributed by atoms with Gasteiger partial charge < -0.3 is 10.6 Å². The van der Waals surface area contributed by atoms with Crippen molar-refractivity contribution in [2.24, 2.45) is 0 Å². The van der Waals surface area contributed by atoms with Crippen molar-refractivity contribution in [3.63, 3.8) is 0 Å². The zero-order valence-electron chi connectivity index (χ0n) is 16.8. The lowest BCUT2D eigenvalue weighted by Crippen LogP contribution is -2.46. The first-order valence-electron chi connectivity index (χ1n) is 10.4. The van der Waals surface area contributed by atoms with Gasteiger partial charge >= 0.3 is 6.03 Å². The van der Waals surface area contributed by atoms with Crippen molar-refractivity contribution < 1.29 is 14.4 Å². The number of hydrogen-bond acceptors (Lipinski definition) is 4. The number of amides is 4. The molecule has 4 amide bonds. The molecular formula is C23H26N4O3. The number of carbonyl (C=O) groups is 3. The minimum Gasteiger partial charge on any atom is -0.353 e. The number of hydrogen-bond donors (Lipinski definition) is 2. The van der Waals surface area contributed by atoms with E-state index in [-0.39, 0.29) is 24.3 Å². The fourth-order valence-electron chi connectivity index (χ4n) is 4.04. The Kier molecular flexibility index (Phi) is 6.09. The molecule has 2 N–H and O–H groups in total. The second kappa shape index (κ2) is 9.09. The largest absolute Gasteiger partial charge is 0.353 e. The summed E-state index contributed by atoms with van der Waals surface area (Å²) in [6, 6.07) is 17.9. The molecule has 2 saturated heterocycles. The van der Waals surface area contributed by atoms with Crippen molar-refractivity contribution in [3.8, 4) is 0 Å². The van der Waals surface area contributed by atoms with E-state index in [2.05, 4.69) is 27.7 Å². The monoisotopic (exact) mass is 406 g/mol. The van der Waals surface area contributed by atoms with Gasteiger partial charge in [-0.25, -0.2) is 9.69 Å². The van der Waals surface area contributed by atoms with Crippen LogP contribution in [0.15, 0.2) is 60.7 Å². The van der Waals surface area contributed by atoms with E-state index in [1.54, 1.807) is 24.3 Å². The van der Waals surface area contributed by atoms with E-state index in [9.17, 15) is 14.4 Å². The highest BCUT2D eigenvalue weighted by molar-refractivity contribution is 6.22. The van der Waals surface area contributed by atoms with Gasteiger partial charge in [0.15, 0.2) is 0 Å². The molecule has 0 saturated carbocycles. The first kappa shape index (κ1) is 20.1. The van der Waals surface area contributed by atoms with Crippen molar-refractivity contribution >= 4 is 23.5 Å². The van der Waals surface area contributed by atoms with Crippen molar-refractivity contribution in [2.45, 2.75) is 37.9 Å². The lowest BCUT2D eigenvalue weighted by atomic mass is 10.0. The summed E-state index contributed by atoms with van der Waals surface area (Å²) < 4.78 is 0. The molecule has 2 heterocycles. The van der Waals surface area contributed by atoms with Crippen LogP contribution in [0.4, 0.5) is 10.5 Å². The summed E-state index contributed by atoms with van der Waals surface area (Å²) in [6.45, 7) is 2.75. The van der Waals surface area contributed by atoms with Gasteiger partial charge in [-0.3, -0.25) is 14.5 Å². The van der Waals surface area contributed by atoms with E-state index >= 15 is 0 Å². The molecule has 2 fully saturated rings. The Morgan fingerprint density at radius 2 is 1.60 bits per heavy atom. The number of likely N-dealkylation sites (tertiary alicyclic amines) is 1. The summed E-state index contributed by atoms with van der Waals surface area (Å²) >= 11 is 0. The normalized spacial score (nSPS) is 20.3. The lowest BCUT2D eigenvalue weighted by Gasteiger charge is -2.32. The minimum atomic E-state index is -0.823. The highest BCUT2D eigenvalue weighted by atomic mass is 16.2. The number of anilines is 1. The predicted molar refractivity (Wildman–Crippen MR) is 114 cm³/mol. The summed E-state index contributed by atoms with van der Waals surface area (Å²) in [4.78, 5) is 40.8. The van der Waals surface area contributed by atoms with Gasteiger partial charge in [-0.1, -0.05) is 48.5 Å². The van der Waals surface area contributed by atoms with Crippen molar-refractivity contribution in [3.05, 3.63) is 66.2 Å². The third-order valence-electron chi connectivity index (χ3n) is 5.62. The van der Waals surface area contributed by atoms with Crippen molar-refractivity contribution in [1.82, 2.24) is 15.5 Å². The number of para-hydroxylation sites is 1. The summed E-state index contributed by atoms with van der Waals surface area (Å²) in [5.41, 5.74) is 1.80. The summed E-state index contributed by atoms with van der Waals surface area (Å²) in [6.07, 6.45) is 1.71. The van der Waals surface area contributed by atoms with E-state index in [1.165, 1.54) is 5.56 Å². The van der Waals surface area contributed by atoms with Crippen LogP contribution in [0.5, 0.6) is 0 Å². The molecule has 0 spiro atoms. The average Bonchev–Trinajstić information content (AvgIpc) is 3.03. The second-order valence-electron chi connectivity index (χ2n) is 7.82. The minimum absolute atomic E-state index is 0.0435. The van der Waals surface area contributed by atoms with Crippen LogP contribution in [0.2, 0.25) is 0 Å². The Balaban J connectivity index is 1.24. The van der Waals surface area contributed by atoms with Gasteiger partial charge in [0.2, 0.25) is 5.91 Å². The SMILES string of the molecule is O=C(CC1NC(=O)N(c2ccccc2)C1=O)NC1CCN(Cc2ccccc2)CC1. The van der Waals surface area contributed by atoms with Crippen molar-refractivity contribution in [2.75, 3.05) is 18.0 Å². The number of rotatable bonds is 6. The molecule has 1 atom stereocenters. The zero-order chi connectivity index (χ0) is 20.9. The van der Waals surface area contributed by atoms with Crippen LogP contribution < -0.4 is 15.5 Å². The number of urea groups is 1. The molecule has 0 bridgehead atoms. The maximum absolute atomic E-state index is 12.6. The van der Waals surface area contributed by atoms with Gasteiger partial charge in [0.05, 0.1) is 12.1 Å². The zero-order valence-corrected chi connectivity index (χ0v) is 16.8. The fourth-order valence-corrected chi connectivity index (χ4v) is 4.04. The third kappa shape index (κ3) is 4.68. The molecule has 2 aromatic rings. The highest BCUT2D eigenvalue weighted by Gasteiger charge is 2.40. The Morgan fingerprint density at radius 3 is 2.27 bits per heavy atom. The van der Waals surface area contributed by atoms with E-state index in [4.69, 9.17) is 0 Å². The molecule has 7 heteroatoms. The van der Waals surface area contributed by atoms with Crippen LogP contribution in [-0.4, -0.2) is 47.9 Å². The van der Waals surface area contributed by atoms with Gasteiger partial charge in [-0.05, 0) is 30.5 Å². The number of imide groups is 1. The number of carbonyl (C=O) groups excluding carboxylic acids is 3. The maximum atomic E-state index is 12.6. The Labute approximate surface area is 176 Å². The lowest BCUT2D eigenvalue weighted by molar-refractivity contribution is -0.126. The molecule has 2 aromatic carbocycles. The van der Waals surface area contributed by atoms with Gasteiger partial charge in [0.1, 0.15) is 6.04 Å². The van der Waals surface area contributed by atoms with E-state index in [0.717, 1.165) is 37.4 Å². The molecule has 1 unspecified atom stereocenters. The molecule has 0 aromatic heterocycles. The van der Waals surface area contributed by atoms with Crippen LogP contribution >= 0.6 is 0 Å². The average molecular weight is 406 g/mol. The molecular weight excluding hydrogens is 380 g/mol. The molecule has 156 valence electrons. The van der Waals surface area contributed by atoms with Crippen LogP contribution in [-0.2, 0) is 16.1 Å². The standard InChI is InChI=1S/C23H26N4O3/c28-21(15-20-22(29)27(23(30)25-20)19-9-5-2-6-10-19)24-18-11-13-26(14-12-18)16-17-7-3-1-4-8-17/h1-10,18,20H,11-16H2,(H,24,28)(H,25,30). The topological polar surface area (TPSA) is 81.8 Å². The molecule has 0 aliphatic carbocycles. The quantitative estimate of drug-likeness (QED) is 0.721. The molecule has 4 rings (SSSR count).